The van der Waals surface area contributed by atoms with Crippen molar-refractivity contribution in [1.82, 2.24) is 0 Å². The van der Waals surface area contributed by atoms with Crippen molar-refractivity contribution < 1.29 is 14.7 Å². The van der Waals surface area contributed by atoms with Gasteiger partial charge in [-0.1, -0.05) is 31.7 Å². The van der Waals surface area contributed by atoms with Crippen molar-refractivity contribution in [2.75, 3.05) is 6.61 Å². The molecule has 2 fully saturated rings. The molecule has 1 unspecified atom stereocenters. The highest BCUT2D eigenvalue weighted by Crippen LogP contribution is 2.39. The van der Waals surface area contributed by atoms with Gasteiger partial charge in [0.2, 0.25) is 0 Å². The van der Waals surface area contributed by atoms with Crippen LogP contribution in [0.2, 0.25) is 0 Å². The van der Waals surface area contributed by atoms with E-state index in [2.05, 4.69) is 13.5 Å². The lowest BCUT2D eigenvalue weighted by Crippen LogP contribution is -2.23. The minimum atomic E-state index is -0.725. The van der Waals surface area contributed by atoms with E-state index < -0.39 is 5.91 Å². The molecule has 2 rings (SSSR count). The summed E-state index contributed by atoms with van der Waals surface area (Å²) in [4.78, 5) is 22.7. The predicted octanol–water partition coefficient (Wildman–Crippen LogP) is 3.14. The van der Waals surface area contributed by atoms with Crippen LogP contribution in [0.3, 0.4) is 0 Å². The van der Waals surface area contributed by atoms with Crippen LogP contribution in [0.5, 0.6) is 0 Å². The normalized spacial score (nSPS) is 20.7. The fourth-order valence-electron chi connectivity index (χ4n) is 2.27. The third kappa shape index (κ3) is 8.31. The molecule has 0 aromatic rings. The average molecular weight is 365 g/mol. The molecule has 0 radical (unpaired) electrons. The molecular formula is C19H28N2O3S. The van der Waals surface area contributed by atoms with Gasteiger partial charge in [-0.25, -0.2) is 0 Å². The van der Waals surface area contributed by atoms with E-state index in [0.29, 0.717) is 24.2 Å². The van der Waals surface area contributed by atoms with Gasteiger partial charge in [0.05, 0.1) is 0 Å². The minimum Gasteiger partial charge on any atom is -0.396 e. The third-order valence-electron chi connectivity index (χ3n) is 4.00. The molecule has 2 aliphatic rings. The number of hydrogen-bond donors (Lipinski definition) is 3. The van der Waals surface area contributed by atoms with Gasteiger partial charge in [0.15, 0.2) is 0 Å². The summed E-state index contributed by atoms with van der Waals surface area (Å²) in [5.41, 5.74) is 5.34. The SMILES string of the molecule is C=C/C(=C\C=C(/CC)SC1CC1)C(=N)C(N)=O.O=C1CCC(CO)C1. The summed E-state index contributed by atoms with van der Waals surface area (Å²) < 4.78 is 0. The fraction of sp³-hybridized carbons (Fsp3) is 0.526. The lowest BCUT2D eigenvalue weighted by molar-refractivity contribution is -0.117. The van der Waals surface area contributed by atoms with E-state index in [0.717, 1.165) is 18.1 Å². The number of hydrogen-bond acceptors (Lipinski definition) is 5. The fourth-order valence-corrected chi connectivity index (χ4v) is 3.38. The van der Waals surface area contributed by atoms with Crippen LogP contribution in [-0.2, 0) is 9.59 Å². The molecule has 0 aromatic carbocycles. The van der Waals surface area contributed by atoms with E-state index in [1.807, 2.05) is 17.8 Å². The van der Waals surface area contributed by atoms with Gasteiger partial charge in [0.25, 0.3) is 5.91 Å². The summed E-state index contributed by atoms with van der Waals surface area (Å²) in [5, 5.41) is 16.8. The Hall–Kier alpha value is -1.66. The monoisotopic (exact) mass is 364 g/mol. The second-order valence-corrected chi connectivity index (χ2v) is 7.63. The topological polar surface area (TPSA) is 104 Å². The number of nitrogens with two attached hydrogens (primary N) is 1. The summed E-state index contributed by atoms with van der Waals surface area (Å²) in [6.45, 7) is 5.87. The molecule has 2 saturated carbocycles. The number of allylic oxidation sites excluding steroid dienone is 4. The highest BCUT2D eigenvalue weighted by Gasteiger charge is 2.22. The number of amides is 1. The van der Waals surface area contributed by atoms with Crippen molar-refractivity contribution in [2.24, 2.45) is 11.7 Å². The molecule has 0 heterocycles. The number of carbonyl (C=O) groups excluding carboxylic acids is 2. The van der Waals surface area contributed by atoms with E-state index in [1.165, 1.54) is 23.8 Å². The van der Waals surface area contributed by atoms with Crippen LogP contribution in [0.15, 0.2) is 35.3 Å². The molecule has 0 spiro atoms. The van der Waals surface area contributed by atoms with Gasteiger partial charge < -0.3 is 10.8 Å². The van der Waals surface area contributed by atoms with Crippen LogP contribution in [0.4, 0.5) is 0 Å². The maximum Gasteiger partial charge on any atom is 0.267 e. The predicted molar refractivity (Wildman–Crippen MR) is 104 cm³/mol. The number of Topliss-reactive ketones (excluding diaryl/α,β-unsaturated/α-hetero) is 1. The van der Waals surface area contributed by atoms with Gasteiger partial charge in [-0.05, 0) is 36.5 Å². The van der Waals surface area contributed by atoms with Crippen LogP contribution >= 0.6 is 11.8 Å². The molecule has 0 bridgehead atoms. The Morgan fingerprint density at radius 2 is 2.08 bits per heavy atom. The molecule has 138 valence electrons. The first kappa shape index (κ1) is 21.4. The molecule has 1 amide bonds. The maximum atomic E-state index is 10.9. The Morgan fingerprint density at radius 3 is 2.44 bits per heavy atom. The van der Waals surface area contributed by atoms with E-state index in [9.17, 15) is 9.59 Å². The van der Waals surface area contributed by atoms with Crippen LogP contribution < -0.4 is 5.73 Å². The summed E-state index contributed by atoms with van der Waals surface area (Å²) in [7, 11) is 0. The van der Waals surface area contributed by atoms with Crippen molar-refractivity contribution in [3.63, 3.8) is 0 Å². The smallest absolute Gasteiger partial charge is 0.267 e. The minimum absolute atomic E-state index is 0.186. The van der Waals surface area contributed by atoms with Crippen molar-refractivity contribution in [1.29, 1.82) is 5.41 Å². The van der Waals surface area contributed by atoms with E-state index in [1.54, 1.807) is 6.08 Å². The summed E-state index contributed by atoms with van der Waals surface area (Å²) in [6, 6.07) is 0. The zero-order chi connectivity index (χ0) is 18.8. The first-order valence-corrected chi connectivity index (χ1v) is 9.50. The third-order valence-corrected chi connectivity index (χ3v) is 5.53. The van der Waals surface area contributed by atoms with Crippen molar-refractivity contribution in [3.8, 4) is 0 Å². The largest absolute Gasteiger partial charge is 0.396 e. The van der Waals surface area contributed by atoms with E-state index in [-0.39, 0.29) is 18.2 Å². The molecule has 1 atom stereocenters. The Bertz CT molecular complexity index is 577. The number of rotatable bonds is 8. The van der Waals surface area contributed by atoms with Crippen LogP contribution in [0, 0.1) is 11.3 Å². The molecule has 25 heavy (non-hydrogen) atoms. The van der Waals surface area contributed by atoms with Crippen LogP contribution in [0.1, 0.15) is 45.4 Å². The highest BCUT2D eigenvalue weighted by atomic mass is 32.2. The lowest BCUT2D eigenvalue weighted by atomic mass is 10.1. The Balaban J connectivity index is 0.000000324. The van der Waals surface area contributed by atoms with E-state index in [4.69, 9.17) is 16.2 Å². The molecule has 0 saturated heterocycles. The number of primary amides is 1. The van der Waals surface area contributed by atoms with Gasteiger partial charge in [0, 0.05) is 30.3 Å². The molecule has 0 aromatic heterocycles. The molecule has 2 aliphatic carbocycles. The average Bonchev–Trinajstić information content (AvgIpc) is 3.32. The van der Waals surface area contributed by atoms with Crippen LogP contribution in [0.25, 0.3) is 0 Å². The van der Waals surface area contributed by atoms with Crippen molar-refractivity contribution in [3.05, 3.63) is 35.3 Å². The first-order chi connectivity index (χ1) is 11.9. The Kier molecular flexibility index (Phi) is 9.45. The van der Waals surface area contributed by atoms with Gasteiger partial charge in [0.1, 0.15) is 11.5 Å². The van der Waals surface area contributed by atoms with Crippen molar-refractivity contribution in [2.45, 2.75) is 50.7 Å². The van der Waals surface area contributed by atoms with Crippen LogP contribution in [-0.4, -0.2) is 34.4 Å². The second-order valence-electron chi connectivity index (χ2n) is 6.20. The summed E-state index contributed by atoms with van der Waals surface area (Å²) >= 11 is 1.88. The van der Waals surface area contributed by atoms with Gasteiger partial charge in [-0.3, -0.25) is 15.0 Å². The number of nitrogens with one attached hydrogen (secondary N) is 1. The highest BCUT2D eigenvalue weighted by molar-refractivity contribution is 8.03. The molecule has 6 heteroatoms. The van der Waals surface area contributed by atoms with Gasteiger partial charge in [-0.2, -0.15) is 0 Å². The standard InChI is InChI=1S/C13H18N2OS.C6H10O2/c1-3-9(12(14)13(15)16)5-6-10(4-2)17-11-7-8-11;7-4-5-1-2-6(8)3-5/h3,5-6,11,14H,1,4,7-8H2,2H3,(H2,15,16);5,7H,1-4H2/b9-5+,10-6+,14-12?;. The zero-order valence-corrected chi connectivity index (χ0v) is 15.6. The summed E-state index contributed by atoms with van der Waals surface area (Å²) in [5.74, 6) is -0.135. The Morgan fingerprint density at radius 1 is 1.40 bits per heavy atom. The molecule has 5 nitrogen and oxygen atoms in total. The molecule has 0 aliphatic heterocycles. The quantitative estimate of drug-likeness (QED) is 0.454. The molecular weight excluding hydrogens is 336 g/mol. The summed E-state index contributed by atoms with van der Waals surface area (Å²) in [6.07, 6.45) is 10.9. The van der Waals surface area contributed by atoms with Gasteiger partial charge >= 0.3 is 0 Å². The maximum absolute atomic E-state index is 10.9. The van der Waals surface area contributed by atoms with E-state index >= 15 is 0 Å². The molecule has 4 N–H and O–H groups in total. The first-order valence-electron chi connectivity index (χ1n) is 8.62. The number of aliphatic hydroxyl groups is 1. The number of carbonyl (C=O) groups is 2. The van der Waals surface area contributed by atoms with Gasteiger partial charge in [-0.15, -0.1) is 11.8 Å². The number of thioether (sulfide) groups is 1. The zero-order valence-electron chi connectivity index (χ0n) is 14.8. The Labute approximate surface area is 153 Å². The number of aliphatic hydroxyl groups excluding tert-OH is 1. The number of ketones is 1. The second kappa shape index (κ2) is 11.1. The van der Waals surface area contributed by atoms with Crippen molar-refractivity contribution >= 4 is 29.2 Å². The lowest BCUT2D eigenvalue weighted by Gasteiger charge is -2.02.